The highest BCUT2D eigenvalue weighted by Crippen LogP contribution is 2.19. The topological polar surface area (TPSA) is 110 Å². The number of nitrogens with one attached hydrogen (secondary N) is 1. The Morgan fingerprint density at radius 2 is 2.15 bits per heavy atom. The van der Waals surface area contributed by atoms with Gasteiger partial charge in [0.15, 0.2) is 5.82 Å². The lowest BCUT2D eigenvalue weighted by Gasteiger charge is -2.17. The second-order valence-corrected chi connectivity index (χ2v) is 6.73. The summed E-state index contributed by atoms with van der Waals surface area (Å²) < 4.78 is 27.0. The first-order valence-electron chi connectivity index (χ1n) is 6.27. The lowest BCUT2D eigenvalue weighted by Crippen LogP contribution is -2.40. The van der Waals surface area contributed by atoms with Gasteiger partial charge in [-0.2, -0.15) is 9.40 Å². The second-order valence-electron chi connectivity index (χ2n) is 4.72. The van der Waals surface area contributed by atoms with Crippen LogP contribution in [0.2, 0.25) is 0 Å². The zero-order chi connectivity index (χ0) is 15.5. The molecular formula is C11H21N5O3S. The summed E-state index contributed by atoms with van der Waals surface area (Å²) in [6.45, 7) is 5.67. The van der Waals surface area contributed by atoms with Crippen molar-refractivity contribution in [1.29, 1.82) is 0 Å². The van der Waals surface area contributed by atoms with Crippen molar-refractivity contribution in [2.75, 3.05) is 19.3 Å². The number of sulfonamides is 1. The third-order valence-corrected chi connectivity index (χ3v) is 4.40. The maximum absolute atomic E-state index is 12.3. The van der Waals surface area contributed by atoms with Crippen molar-refractivity contribution in [2.24, 2.45) is 0 Å². The van der Waals surface area contributed by atoms with Crippen LogP contribution >= 0.6 is 0 Å². The minimum atomic E-state index is -3.83. The van der Waals surface area contributed by atoms with Crippen LogP contribution in [0.4, 0.5) is 5.82 Å². The smallest absolute Gasteiger partial charge is 0.248 e. The van der Waals surface area contributed by atoms with E-state index in [-0.39, 0.29) is 29.2 Å². The Labute approximate surface area is 119 Å². The fraction of sp³-hybridized carbons (Fsp3) is 0.636. The number of nitrogens with zero attached hydrogens (tertiary/aromatic N) is 3. The van der Waals surface area contributed by atoms with E-state index in [9.17, 15) is 13.2 Å². The van der Waals surface area contributed by atoms with Crippen LogP contribution in [0, 0.1) is 0 Å². The average Bonchev–Trinajstić information content (AvgIpc) is 2.69. The van der Waals surface area contributed by atoms with Gasteiger partial charge in [0.25, 0.3) is 0 Å². The van der Waals surface area contributed by atoms with Crippen molar-refractivity contribution in [2.45, 2.75) is 38.3 Å². The maximum atomic E-state index is 12.3. The summed E-state index contributed by atoms with van der Waals surface area (Å²) in [4.78, 5) is 11.5. The molecule has 0 aliphatic heterocycles. The first-order chi connectivity index (χ1) is 9.18. The van der Waals surface area contributed by atoms with Crippen molar-refractivity contribution in [3.8, 4) is 0 Å². The van der Waals surface area contributed by atoms with Crippen LogP contribution in [0.5, 0.6) is 0 Å². The molecule has 1 amide bonds. The number of carbonyl (C=O) groups is 1. The zero-order valence-corrected chi connectivity index (χ0v) is 12.9. The summed E-state index contributed by atoms with van der Waals surface area (Å²) in [5.41, 5.74) is 5.61. The van der Waals surface area contributed by atoms with Crippen LogP contribution in [0.15, 0.2) is 11.1 Å². The van der Waals surface area contributed by atoms with Crippen LogP contribution in [-0.4, -0.2) is 48.0 Å². The molecule has 1 aromatic rings. The van der Waals surface area contributed by atoms with Gasteiger partial charge in [0.2, 0.25) is 15.9 Å². The van der Waals surface area contributed by atoms with Gasteiger partial charge in [0, 0.05) is 25.8 Å². The van der Waals surface area contributed by atoms with E-state index in [1.165, 1.54) is 17.9 Å². The van der Waals surface area contributed by atoms with E-state index in [2.05, 4.69) is 10.4 Å². The molecule has 20 heavy (non-hydrogen) atoms. The average molecular weight is 303 g/mol. The van der Waals surface area contributed by atoms with Gasteiger partial charge in [-0.15, -0.1) is 0 Å². The van der Waals surface area contributed by atoms with E-state index in [0.717, 1.165) is 4.31 Å². The summed E-state index contributed by atoms with van der Waals surface area (Å²) in [5, 5.41) is 6.52. The lowest BCUT2D eigenvalue weighted by atomic mass is 10.4. The molecule has 9 heteroatoms. The molecule has 0 aromatic carbocycles. The Morgan fingerprint density at radius 1 is 1.55 bits per heavy atom. The minimum Gasteiger partial charge on any atom is -0.381 e. The van der Waals surface area contributed by atoms with Crippen LogP contribution < -0.4 is 11.1 Å². The molecule has 0 saturated carbocycles. The molecule has 0 bridgehead atoms. The molecule has 0 atom stereocenters. The Bertz CT molecular complexity index is 579. The van der Waals surface area contributed by atoms with E-state index in [1.807, 2.05) is 6.92 Å². The molecule has 1 rings (SSSR count). The first-order valence-corrected chi connectivity index (χ1v) is 7.71. The number of hydrogen-bond acceptors (Lipinski definition) is 5. The molecule has 0 aliphatic rings. The Hall–Kier alpha value is -1.61. The van der Waals surface area contributed by atoms with Crippen LogP contribution in [0.25, 0.3) is 0 Å². The van der Waals surface area contributed by atoms with Crippen LogP contribution in [0.3, 0.4) is 0 Å². The normalized spacial score (nSPS) is 12.1. The molecule has 0 fully saturated rings. The van der Waals surface area contributed by atoms with E-state index >= 15 is 0 Å². The molecule has 3 N–H and O–H groups in total. The van der Waals surface area contributed by atoms with E-state index in [0.29, 0.717) is 6.54 Å². The minimum absolute atomic E-state index is 0.0495. The fourth-order valence-corrected chi connectivity index (χ4v) is 2.78. The molecule has 114 valence electrons. The second kappa shape index (κ2) is 6.23. The Morgan fingerprint density at radius 3 is 2.60 bits per heavy atom. The number of hydrogen-bond donors (Lipinski definition) is 2. The molecule has 8 nitrogen and oxygen atoms in total. The fourth-order valence-electron chi connectivity index (χ4n) is 1.60. The summed E-state index contributed by atoms with van der Waals surface area (Å²) in [6.07, 6.45) is 1.36. The molecule has 0 unspecified atom stereocenters. The summed E-state index contributed by atoms with van der Waals surface area (Å²) >= 11 is 0. The van der Waals surface area contributed by atoms with Gasteiger partial charge >= 0.3 is 0 Å². The van der Waals surface area contributed by atoms with Crippen molar-refractivity contribution in [1.82, 2.24) is 19.4 Å². The number of likely N-dealkylation sites (N-methyl/N-ethyl adjacent to an activating group) is 1. The van der Waals surface area contributed by atoms with Crippen molar-refractivity contribution in [3.05, 3.63) is 6.20 Å². The Kier molecular flexibility index (Phi) is 5.12. The molecule has 0 radical (unpaired) electrons. The van der Waals surface area contributed by atoms with Crippen molar-refractivity contribution in [3.63, 3.8) is 0 Å². The van der Waals surface area contributed by atoms with Gasteiger partial charge < -0.3 is 11.1 Å². The molecule has 0 saturated heterocycles. The van der Waals surface area contributed by atoms with Gasteiger partial charge in [-0.1, -0.05) is 0 Å². The number of rotatable bonds is 6. The lowest BCUT2D eigenvalue weighted by molar-refractivity contribution is -0.121. The monoisotopic (exact) mass is 303 g/mol. The third-order valence-electron chi connectivity index (χ3n) is 2.58. The highest BCUT2D eigenvalue weighted by atomic mass is 32.2. The molecule has 0 aliphatic carbocycles. The number of aryl methyl sites for hydroxylation is 1. The van der Waals surface area contributed by atoms with Crippen LogP contribution in [0.1, 0.15) is 20.8 Å². The number of nitrogens with two attached hydrogens (primary N) is 1. The molecule has 1 aromatic heterocycles. The van der Waals surface area contributed by atoms with Gasteiger partial charge in [-0.25, -0.2) is 8.42 Å². The summed E-state index contributed by atoms with van der Waals surface area (Å²) in [5.74, 6) is -0.435. The first kappa shape index (κ1) is 16.4. The summed E-state index contributed by atoms with van der Waals surface area (Å²) in [6, 6.07) is -0.0495. The van der Waals surface area contributed by atoms with Gasteiger partial charge in [0.1, 0.15) is 4.90 Å². The predicted molar refractivity (Wildman–Crippen MR) is 75.4 cm³/mol. The van der Waals surface area contributed by atoms with Crippen LogP contribution in [-0.2, 0) is 21.4 Å². The quantitative estimate of drug-likeness (QED) is 0.745. The molecular weight excluding hydrogens is 282 g/mol. The van der Waals surface area contributed by atoms with E-state index in [4.69, 9.17) is 5.73 Å². The van der Waals surface area contributed by atoms with Gasteiger partial charge in [0.05, 0.1) is 6.54 Å². The van der Waals surface area contributed by atoms with E-state index < -0.39 is 10.0 Å². The molecule has 0 spiro atoms. The SMILES string of the molecule is CCn1cc(S(=O)(=O)N(C)CC(=O)NC(C)C)c(N)n1. The summed E-state index contributed by atoms with van der Waals surface area (Å²) in [7, 11) is -2.49. The zero-order valence-electron chi connectivity index (χ0n) is 12.1. The number of amides is 1. The predicted octanol–water partition coefficient (Wildman–Crippen LogP) is -0.370. The van der Waals surface area contributed by atoms with Crippen molar-refractivity contribution < 1.29 is 13.2 Å². The van der Waals surface area contributed by atoms with Crippen molar-refractivity contribution >= 4 is 21.7 Å². The van der Waals surface area contributed by atoms with Gasteiger partial charge in [-0.05, 0) is 20.8 Å². The number of carbonyl (C=O) groups excluding carboxylic acids is 1. The number of anilines is 1. The number of nitrogen functional groups attached to an aromatic ring is 1. The van der Waals surface area contributed by atoms with E-state index in [1.54, 1.807) is 13.8 Å². The maximum Gasteiger partial charge on any atom is 0.248 e. The standard InChI is InChI=1S/C11H21N5O3S/c1-5-16-6-9(11(12)14-16)20(18,19)15(4)7-10(17)13-8(2)3/h6,8H,5,7H2,1-4H3,(H2,12,14)(H,13,17). The van der Waals surface area contributed by atoms with Gasteiger partial charge in [-0.3, -0.25) is 9.48 Å². The highest BCUT2D eigenvalue weighted by Gasteiger charge is 2.27. The third kappa shape index (κ3) is 3.70. The Balaban J connectivity index is 2.92. The largest absolute Gasteiger partial charge is 0.381 e. The highest BCUT2D eigenvalue weighted by molar-refractivity contribution is 7.89. The number of aromatic nitrogens is 2. The molecule has 1 heterocycles.